The van der Waals surface area contributed by atoms with Crippen LogP contribution < -0.4 is 10.6 Å². The highest BCUT2D eigenvalue weighted by atomic mass is 35.5. The Morgan fingerprint density at radius 3 is 2.48 bits per heavy atom. The molecule has 126 valence electrons. The van der Waals surface area contributed by atoms with Crippen LogP contribution in [0.25, 0.3) is 0 Å². The molecule has 0 aromatic carbocycles. The maximum absolute atomic E-state index is 12.0. The number of halogens is 1. The van der Waals surface area contributed by atoms with Gasteiger partial charge in [-0.2, -0.15) is 0 Å². The summed E-state index contributed by atoms with van der Waals surface area (Å²) in [4.78, 5) is 12.0. The van der Waals surface area contributed by atoms with Crippen LogP contribution in [0.4, 0.5) is 0 Å². The summed E-state index contributed by atoms with van der Waals surface area (Å²) >= 11 is 0. The molecule has 0 atom stereocenters. The first-order valence-electron chi connectivity index (χ1n) is 8.25. The second kappa shape index (κ2) is 13.4. The lowest BCUT2D eigenvalue weighted by molar-refractivity contribution is -0.126. The molecule has 1 aliphatic rings. The molecular weight excluding hydrogens is 288 g/mol. The van der Waals surface area contributed by atoms with Gasteiger partial charge in [-0.1, -0.05) is 26.2 Å². The topological polar surface area (TPSA) is 50.4 Å². The van der Waals surface area contributed by atoms with Crippen molar-refractivity contribution in [2.45, 2.75) is 51.9 Å². The molecule has 5 heteroatoms. The number of ether oxygens (including phenoxy) is 1. The number of hydrogen-bond acceptors (Lipinski definition) is 3. The first-order valence-corrected chi connectivity index (χ1v) is 8.25. The van der Waals surface area contributed by atoms with Crippen LogP contribution in [0.2, 0.25) is 0 Å². The quantitative estimate of drug-likeness (QED) is 0.609. The molecule has 1 fully saturated rings. The number of rotatable bonds is 10. The van der Waals surface area contributed by atoms with Crippen molar-refractivity contribution in [2.75, 3.05) is 33.4 Å². The molecule has 0 spiro atoms. The third-order valence-electron chi connectivity index (χ3n) is 4.27. The second-order valence-corrected chi connectivity index (χ2v) is 5.89. The molecule has 21 heavy (non-hydrogen) atoms. The molecule has 0 unspecified atom stereocenters. The Morgan fingerprint density at radius 1 is 1.14 bits per heavy atom. The molecular formula is C16H33ClN2O2. The summed E-state index contributed by atoms with van der Waals surface area (Å²) in [6.07, 6.45) is 8.63. The molecule has 2 N–H and O–H groups in total. The van der Waals surface area contributed by atoms with E-state index in [0.29, 0.717) is 0 Å². The van der Waals surface area contributed by atoms with E-state index in [-0.39, 0.29) is 24.2 Å². The fourth-order valence-corrected chi connectivity index (χ4v) is 2.92. The third kappa shape index (κ3) is 9.33. The van der Waals surface area contributed by atoms with E-state index >= 15 is 0 Å². The van der Waals surface area contributed by atoms with Crippen molar-refractivity contribution in [1.29, 1.82) is 0 Å². The zero-order valence-corrected chi connectivity index (χ0v) is 14.5. The van der Waals surface area contributed by atoms with Crippen LogP contribution in [0.3, 0.4) is 0 Å². The molecule has 1 amide bonds. The van der Waals surface area contributed by atoms with Crippen molar-refractivity contribution in [3.8, 4) is 0 Å². The van der Waals surface area contributed by atoms with Gasteiger partial charge in [0.2, 0.25) is 5.91 Å². The summed E-state index contributed by atoms with van der Waals surface area (Å²) in [6, 6.07) is 0. The van der Waals surface area contributed by atoms with Gasteiger partial charge < -0.3 is 15.4 Å². The fourth-order valence-electron chi connectivity index (χ4n) is 2.92. The molecule has 1 rings (SSSR count). The molecule has 1 aliphatic carbocycles. The van der Waals surface area contributed by atoms with Gasteiger partial charge in [0.15, 0.2) is 0 Å². The van der Waals surface area contributed by atoms with Crippen LogP contribution in [0, 0.1) is 11.8 Å². The Kier molecular flexibility index (Phi) is 13.1. The normalized spacial score (nSPS) is 21.6. The van der Waals surface area contributed by atoms with Crippen LogP contribution in [-0.4, -0.2) is 39.3 Å². The molecule has 0 aromatic heterocycles. The minimum absolute atomic E-state index is 0. The fraction of sp³-hybridized carbons (Fsp3) is 0.938. The minimum atomic E-state index is 0. The van der Waals surface area contributed by atoms with Crippen LogP contribution in [0.15, 0.2) is 0 Å². The first-order chi connectivity index (χ1) is 9.77. The third-order valence-corrected chi connectivity index (χ3v) is 4.27. The molecule has 0 aromatic rings. The Hall–Kier alpha value is -0.320. The lowest BCUT2D eigenvalue weighted by atomic mass is 9.79. The average Bonchev–Trinajstić information content (AvgIpc) is 2.49. The van der Waals surface area contributed by atoms with Gasteiger partial charge in [0.05, 0.1) is 6.61 Å². The van der Waals surface area contributed by atoms with E-state index in [1.54, 1.807) is 7.11 Å². The summed E-state index contributed by atoms with van der Waals surface area (Å²) in [6.45, 7) is 5.35. The molecule has 4 nitrogen and oxygen atoms in total. The number of unbranched alkanes of at least 4 members (excludes halogenated alkanes) is 1. The van der Waals surface area contributed by atoms with E-state index < -0.39 is 0 Å². The smallest absolute Gasteiger partial charge is 0.223 e. The summed E-state index contributed by atoms with van der Waals surface area (Å²) in [5, 5.41) is 6.28. The van der Waals surface area contributed by atoms with E-state index in [1.807, 2.05) is 0 Å². The highest BCUT2D eigenvalue weighted by Gasteiger charge is 2.25. The van der Waals surface area contributed by atoms with E-state index in [2.05, 4.69) is 17.6 Å². The maximum atomic E-state index is 12.0. The number of hydrogen-bond donors (Lipinski definition) is 2. The van der Waals surface area contributed by atoms with Crippen LogP contribution in [0.1, 0.15) is 51.9 Å². The average molecular weight is 321 g/mol. The van der Waals surface area contributed by atoms with Crippen LogP contribution >= 0.6 is 12.4 Å². The number of amides is 1. The van der Waals surface area contributed by atoms with Gasteiger partial charge in [-0.25, -0.2) is 0 Å². The van der Waals surface area contributed by atoms with E-state index in [9.17, 15) is 4.79 Å². The highest BCUT2D eigenvalue weighted by molar-refractivity contribution is 5.85. The van der Waals surface area contributed by atoms with Crippen LogP contribution in [0.5, 0.6) is 0 Å². The van der Waals surface area contributed by atoms with Crippen molar-refractivity contribution in [1.82, 2.24) is 10.6 Å². The van der Waals surface area contributed by atoms with Crippen LogP contribution in [-0.2, 0) is 9.53 Å². The van der Waals surface area contributed by atoms with Crippen molar-refractivity contribution in [3.05, 3.63) is 0 Å². The Balaban J connectivity index is 0.00000400. The molecule has 0 saturated heterocycles. The van der Waals surface area contributed by atoms with Gasteiger partial charge in [0.1, 0.15) is 0 Å². The number of nitrogens with one attached hydrogen (secondary N) is 2. The number of carbonyl (C=O) groups is 1. The van der Waals surface area contributed by atoms with E-state index in [1.165, 1.54) is 32.1 Å². The van der Waals surface area contributed by atoms with Crippen molar-refractivity contribution < 1.29 is 9.53 Å². The zero-order valence-electron chi connectivity index (χ0n) is 13.7. The maximum Gasteiger partial charge on any atom is 0.223 e. The van der Waals surface area contributed by atoms with Gasteiger partial charge in [-0.15, -0.1) is 12.4 Å². The lowest BCUT2D eigenvalue weighted by Gasteiger charge is -2.27. The van der Waals surface area contributed by atoms with Crippen molar-refractivity contribution >= 4 is 18.3 Å². The number of carbonyl (C=O) groups excluding carboxylic acids is 1. The largest absolute Gasteiger partial charge is 0.383 e. The monoisotopic (exact) mass is 320 g/mol. The van der Waals surface area contributed by atoms with E-state index in [0.717, 1.165) is 45.0 Å². The summed E-state index contributed by atoms with van der Waals surface area (Å²) in [5.74, 6) is 1.38. The van der Waals surface area contributed by atoms with E-state index in [4.69, 9.17) is 4.74 Å². The lowest BCUT2D eigenvalue weighted by Crippen LogP contribution is -2.37. The zero-order chi connectivity index (χ0) is 14.6. The second-order valence-electron chi connectivity index (χ2n) is 5.89. The summed E-state index contributed by atoms with van der Waals surface area (Å²) < 4.78 is 4.95. The predicted molar refractivity (Wildman–Crippen MR) is 90.0 cm³/mol. The summed E-state index contributed by atoms with van der Waals surface area (Å²) in [5.41, 5.74) is 0. The van der Waals surface area contributed by atoms with Crippen molar-refractivity contribution in [2.24, 2.45) is 11.8 Å². The van der Waals surface area contributed by atoms with Gasteiger partial charge in [0, 0.05) is 32.7 Å². The Labute approximate surface area is 136 Å². The molecule has 0 radical (unpaired) electrons. The first kappa shape index (κ1) is 20.7. The van der Waals surface area contributed by atoms with Gasteiger partial charge in [0.25, 0.3) is 0 Å². The van der Waals surface area contributed by atoms with Gasteiger partial charge in [-0.05, 0) is 31.6 Å². The highest BCUT2D eigenvalue weighted by Crippen LogP contribution is 2.31. The standard InChI is InChI=1S/C16H32N2O2.ClH/c1-3-4-5-14-6-8-15(9-7-14)16(19)18-11-10-17-12-13-20-2;/h14-15,17H,3-13H2,1-2H3,(H,18,19);1H. The molecule has 1 saturated carbocycles. The minimum Gasteiger partial charge on any atom is -0.383 e. The van der Waals surface area contributed by atoms with Crippen molar-refractivity contribution in [3.63, 3.8) is 0 Å². The Bertz CT molecular complexity index is 257. The molecule has 0 heterocycles. The molecule has 0 aliphatic heterocycles. The summed E-state index contributed by atoms with van der Waals surface area (Å²) in [7, 11) is 1.69. The van der Waals surface area contributed by atoms with Gasteiger partial charge in [-0.3, -0.25) is 4.79 Å². The van der Waals surface area contributed by atoms with Gasteiger partial charge >= 0.3 is 0 Å². The SMILES string of the molecule is CCCCC1CCC(C(=O)NCCNCCOC)CC1.Cl. The molecule has 0 bridgehead atoms. The Morgan fingerprint density at radius 2 is 1.86 bits per heavy atom. The predicted octanol–water partition coefficient (Wildman–Crippen LogP) is 2.76. The number of methoxy groups -OCH3 is 1.